The number of carbonyl (C=O) groups is 2. The number of amides is 2. The molecule has 2 amide bonds. The van der Waals surface area contributed by atoms with Crippen molar-refractivity contribution in [1.29, 1.82) is 0 Å². The van der Waals surface area contributed by atoms with E-state index in [1.807, 2.05) is 152 Å². The normalized spacial score (nSPS) is 16.4. The lowest BCUT2D eigenvalue weighted by Crippen LogP contribution is -2.54. The Labute approximate surface area is 289 Å². The molecule has 242 valence electrons. The number of imide groups is 1. The Morgan fingerprint density at radius 2 is 1.27 bits per heavy atom. The first kappa shape index (κ1) is 32.0. The molecule has 1 atom stereocenters. The average molecular weight is 664 g/mol. The Morgan fingerprint density at radius 3 is 1.88 bits per heavy atom. The molecule has 2 heterocycles. The van der Waals surface area contributed by atoms with Gasteiger partial charge in [0.05, 0.1) is 18.3 Å². The lowest BCUT2D eigenvalue weighted by atomic mass is 9.75. The van der Waals surface area contributed by atoms with Gasteiger partial charge in [-0.2, -0.15) is 0 Å². The van der Waals surface area contributed by atoms with Gasteiger partial charge < -0.3 is 9.57 Å². The van der Waals surface area contributed by atoms with Crippen LogP contribution in [0.1, 0.15) is 27.8 Å². The summed E-state index contributed by atoms with van der Waals surface area (Å²) in [4.78, 5) is 39.4. The fraction of sp³-hybridized carbons (Fsp3) is 0.122. The number of para-hydroxylation sites is 1. The molecule has 1 unspecified atom stereocenters. The van der Waals surface area contributed by atoms with Crippen molar-refractivity contribution in [3.8, 4) is 0 Å². The molecule has 5 aromatic carbocycles. The van der Waals surface area contributed by atoms with E-state index in [-0.39, 0.29) is 19.6 Å². The second kappa shape index (κ2) is 14.3. The maximum absolute atomic E-state index is 15.1. The lowest BCUT2D eigenvalue weighted by molar-refractivity contribution is -0.146. The number of oxime groups is 1. The lowest BCUT2D eigenvalue weighted by Gasteiger charge is -2.42. The molecule has 1 aromatic heterocycles. The van der Waals surface area contributed by atoms with E-state index in [1.165, 1.54) is 4.90 Å². The highest BCUT2D eigenvalue weighted by atomic mass is 32.2. The van der Waals surface area contributed by atoms with E-state index in [9.17, 15) is 4.79 Å². The molecule has 0 aliphatic carbocycles. The summed E-state index contributed by atoms with van der Waals surface area (Å²) in [6.45, 7) is 0.0896. The van der Waals surface area contributed by atoms with Crippen LogP contribution in [0.25, 0.3) is 10.9 Å². The highest BCUT2D eigenvalue weighted by Crippen LogP contribution is 2.51. The summed E-state index contributed by atoms with van der Waals surface area (Å²) in [6.07, 6.45) is 3.50. The first-order valence-electron chi connectivity index (χ1n) is 16.0. The second-order valence-corrected chi connectivity index (χ2v) is 12.8. The minimum absolute atomic E-state index is 0.0228. The number of ether oxygens (including phenoxy) is 1. The Balaban J connectivity index is 1.21. The van der Waals surface area contributed by atoms with Crippen molar-refractivity contribution in [3.05, 3.63) is 186 Å². The van der Waals surface area contributed by atoms with Crippen molar-refractivity contribution in [2.45, 2.75) is 16.9 Å². The summed E-state index contributed by atoms with van der Waals surface area (Å²) >= 11 is 0.910. The Hall–Kier alpha value is -5.57. The zero-order chi connectivity index (χ0) is 33.5. The maximum atomic E-state index is 15.1. The van der Waals surface area contributed by atoms with E-state index in [0.717, 1.165) is 50.5 Å². The van der Waals surface area contributed by atoms with Gasteiger partial charge in [-0.05, 0) is 46.1 Å². The van der Waals surface area contributed by atoms with E-state index < -0.39 is 21.6 Å². The van der Waals surface area contributed by atoms with Gasteiger partial charge in [0, 0.05) is 23.6 Å². The average Bonchev–Trinajstić information content (AvgIpc) is 3.40. The molecule has 1 aliphatic rings. The van der Waals surface area contributed by atoms with E-state index in [1.54, 1.807) is 12.4 Å². The predicted octanol–water partition coefficient (Wildman–Crippen LogP) is 8.23. The number of fused-ring (bicyclic) bond motifs is 1. The SMILES string of the molecule is O=C1SC(Cc2ccccc2)(OCCON=Cc2cnc3ccccc3c2)C(=O)N1C(c1ccccc1)(c1ccccc1)c1ccccc1. The standard InChI is InChI=1S/C41H33N3O4S/c45-38-40(28-31-15-5-1-6-16-31,47-25-26-48-43-30-32-27-33-17-13-14-24-37(33)42-29-32)49-39(46)44(38)41(34-18-7-2-8-19-34,35-20-9-3-10-21-35)36-22-11-4-12-23-36/h1-24,27,29-30H,25-26,28H2. The van der Waals surface area contributed by atoms with E-state index in [4.69, 9.17) is 9.57 Å². The van der Waals surface area contributed by atoms with Gasteiger partial charge in [-0.1, -0.05) is 145 Å². The van der Waals surface area contributed by atoms with Crippen molar-refractivity contribution in [3.63, 3.8) is 0 Å². The highest BCUT2D eigenvalue weighted by molar-refractivity contribution is 8.15. The highest BCUT2D eigenvalue weighted by Gasteiger charge is 2.61. The number of hydrogen-bond acceptors (Lipinski definition) is 7. The fourth-order valence-corrected chi connectivity index (χ4v) is 7.52. The van der Waals surface area contributed by atoms with Gasteiger partial charge in [0.15, 0.2) is 0 Å². The van der Waals surface area contributed by atoms with Crippen LogP contribution in [0, 0.1) is 0 Å². The van der Waals surface area contributed by atoms with Crippen LogP contribution in [0.4, 0.5) is 4.79 Å². The van der Waals surface area contributed by atoms with Gasteiger partial charge in [-0.25, -0.2) is 0 Å². The molecule has 1 saturated heterocycles. The third kappa shape index (κ3) is 6.36. The summed E-state index contributed by atoms with van der Waals surface area (Å²) in [6, 6.07) is 48.5. The van der Waals surface area contributed by atoms with Gasteiger partial charge >= 0.3 is 0 Å². The monoisotopic (exact) mass is 663 g/mol. The van der Waals surface area contributed by atoms with Gasteiger partial charge in [0.1, 0.15) is 12.1 Å². The number of carbonyl (C=O) groups excluding carboxylic acids is 2. The second-order valence-electron chi connectivity index (χ2n) is 11.6. The number of hydrogen-bond donors (Lipinski definition) is 0. The fourth-order valence-electron chi connectivity index (χ4n) is 6.37. The smallest absolute Gasteiger partial charge is 0.293 e. The number of rotatable bonds is 12. The molecule has 8 heteroatoms. The largest absolute Gasteiger partial charge is 0.393 e. The number of aromatic nitrogens is 1. The van der Waals surface area contributed by atoms with E-state index in [2.05, 4.69) is 10.1 Å². The van der Waals surface area contributed by atoms with Crippen LogP contribution in [-0.2, 0) is 26.3 Å². The van der Waals surface area contributed by atoms with E-state index in [0.29, 0.717) is 0 Å². The van der Waals surface area contributed by atoms with Crippen molar-refractivity contribution >= 4 is 40.0 Å². The van der Waals surface area contributed by atoms with Gasteiger partial charge in [-0.3, -0.25) is 19.5 Å². The topological polar surface area (TPSA) is 81.1 Å². The van der Waals surface area contributed by atoms with Gasteiger partial charge in [0.25, 0.3) is 11.1 Å². The minimum atomic E-state index is -1.54. The van der Waals surface area contributed by atoms with E-state index >= 15 is 4.79 Å². The van der Waals surface area contributed by atoms with Crippen molar-refractivity contribution in [2.24, 2.45) is 5.16 Å². The quantitative estimate of drug-likeness (QED) is 0.0568. The third-order valence-corrected chi connectivity index (χ3v) is 9.67. The molecule has 0 saturated carbocycles. The Morgan fingerprint density at radius 1 is 0.714 bits per heavy atom. The summed E-state index contributed by atoms with van der Waals surface area (Å²) in [5.74, 6) is -0.436. The van der Waals surface area contributed by atoms with Gasteiger partial charge in [-0.15, -0.1) is 0 Å². The van der Waals surface area contributed by atoms with Crippen molar-refractivity contribution in [2.75, 3.05) is 13.2 Å². The summed E-state index contributed by atoms with van der Waals surface area (Å²) in [5, 5.41) is 4.71. The molecule has 0 N–H and O–H groups in total. The van der Waals surface area contributed by atoms with Crippen LogP contribution in [0.15, 0.2) is 163 Å². The van der Waals surface area contributed by atoms with Crippen LogP contribution in [-0.4, -0.2) is 45.4 Å². The third-order valence-electron chi connectivity index (χ3n) is 8.55. The number of thioether (sulfide) groups is 1. The van der Waals surface area contributed by atoms with Crippen LogP contribution in [0.5, 0.6) is 0 Å². The Bertz CT molecular complexity index is 1980. The van der Waals surface area contributed by atoms with Crippen LogP contribution in [0.3, 0.4) is 0 Å². The molecular formula is C41H33N3O4S. The molecule has 1 fully saturated rings. The summed E-state index contributed by atoms with van der Waals surface area (Å²) in [7, 11) is 0. The zero-order valence-electron chi connectivity index (χ0n) is 26.6. The molecule has 7 rings (SSSR count). The Kier molecular flexibility index (Phi) is 9.32. The molecule has 0 bridgehead atoms. The van der Waals surface area contributed by atoms with Crippen LogP contribution in [0.2, 0.25) is 0 Å². The molecular weight excluding hydrogens is 631 g/mol. The van der Waals surface area contributed by atoms with Crippen LogP contribution < -0.4 is 0 Å². The number of nitrogens with zero attached hydrogens (tertiary/aromatic N) is 3. The molecule has 0 radical (unpaired) electrons. The van der Waals surface area contributed by atoms with Crippen molar-refractivity contribution in [1.82, 2.24) is 9.88 Å². The number of pyridine rings is 1. The molecule has 49 heavy (non-hydrogen) atoms. The first-order valence-corrected chi connectivity index (χ1v) is 16.8. The molecule has 1 aliphatic heterocycles. The molecule has 6 aromatic rings. The minimum Gasteiger partial charge on any atom is -0.393 e. The summed E-state index contributed by atoms with van der Waals surface area (Å²) in [5.41, 5.74) is 3.65. The predicted molar refractivity (Wildman–Crippen MR) is 193 cm³/mol. The zero-order valence-corrected chi connectivity index (χ0v) is 27.4. The maximum Gasteiger partial charge on any atom is 0.293 e. The molecule has 0 spiro atoms. The van der Waals surface area contributed by atoms with Crippen LogP contribution >= 0.6 is 11.8 Å². The molecule has 7 nitrogen and oxygen atoms in total. The van der Waals surface area contributed by atoms with Gasteiger partial charge in [0.2, 0.25) is 4.93 Å². The summed E-state index contributed by atoms with van der Waals surface area (Å²) < 4.78 is 6.46. The first-order chi connectivity index (χ1) is 24.1. The number of benzene rings is 5. The van der Waals surface area contributed by atoms with Crippen molar-refractivity contribution < 1.29 is 19.2 Å².